The Balaban J connectivity index is 1.64. The van der Waals surface area contributed by atoms with Crippen LogP contribution < -0.4 is 5.32 Å². The van der Waals surface area contributed by atoms with Crippen molar-refractivity contribution in [1.29, 1.82) is 0 Å². The molecule has 1 N–H and O–H groups in total. The van der Waals surface area contributed by atoms with Gasteiger partial charge in [0.15, 0.2) is 0 Å². The van der Waals surface area contributed by atoms with Crippen molar-refractivity contribution >= 4 is 6.01 Å². The van der Waals surface area contributed by atoms with Crippen LogP contribution in [0.3, 0.4) is 0 Å². The fraction of sp³-hybridized carbons (Fsp3) is 0.688. The van der Waals surface area contributed by atoms with Crippen molar-refractivity contribution in [3.8, 4) is 0 Å². The van der Waals surface area contributed by atoms with E-state index < -0.39 is 0 Å². The zero-order valence-corrected chi connectivity index (χ0v) is 13.7. The molecule has 0 aliphatic heterocycles. The number of aryl methyl sites for hydroxylation is 2. The van der Waals surface area contributed by atoms with Crippen LogP contribution in [-0.4, -0.2) is 20.0 Å². The normalized spacial score (nSPS) is 16.1. The molecule has 0 saturated heterocycles. The minimum Gasteiger partial charge on any atom is -0.408 e. The van der Waals surface area contributed by atoms with E-state index in [9.17, 15) is 0 Å². The number of aromatic nitrogens is 4. The lowest BCUT2D eigenvalue weighted by atomic mass is 9.89. The third-order valence-corrected chi connectivity index (χ3v) is 4.64. The van der Waals surface area contributed by atoms with Gasteiger partial charge in [0.05, 0.1) is 5.69 Å². The number of nitrogens with one attached hydrogen (secondary N) is 1. The Bertz CT molecular complexity index is 625. The summed E-state index contributed by atoms with van der Waals surface area (Å²) in [6, 6.07) is 0.517. The van der Waals surface area contributed by atoms with Gasteiger partial charge in [-0.05, 0) is 33.6 Å². The molecule has 0 radical (unpaired) electrons. The standard InChI is InChI=1S/C16H25N5O/c1-4-21-12(3)14(11(2)20-21)10-17-16-19-18-15(22-16)13-8-6-5-7-9-13/h13H,4-10H2,1-3H3,(H,17,19). The monoisotopic (exact) mass is 303 g/mol. The highest BCUT2D eigenvalue weighted by molar-refractivity contribution is 5.29. The zero-order valence-electron chi connectivity index (χ0n) is 13.7. The summed E-state index contributed by atoms with van der Waals surface area (Å²) in [5.74, 6) is 1.24. The lowest BCUT2D eigenvalue weighted by molar-refractivity contribution is 0.367. The van der Waals surface area contributed by atoms with E-state index in [1.54, 1.807) is 0 Å². The molecule has 1 fully saturated rings. The van der Waals surface area contributed by atoms with Gasteiger partial charge in [0, 0.05) is 30.3 Å². The van der Waals surface area contributed by atoms with Crippen LogP contribution in [0.2, 0.25) is 0 Å². The first-order valence-corrected chi connectivity index (χ1v) is 8.29. The highest BCUT2D eigenvalue weighted by atomic mass is 16.4. The number of rotatable bonds is 5. The smallest absolute Gasteiger partial charge is 0.315 e. The summed E-state index contributed by atoms with van der Waals surface area (Å²) in [6.07, 6.45) is 6.21. The van der Waals surface area contributed by atoms with Gasteiger partial charge in [0.1, 0.15) is 0 Å². The average Bonchev–Trinajstić information content (AvgIpc) is 3.12. The van der Waals surface area contributed by atoms with Crippen LogP contribution in [0.1, 0.15) is 67.8 Å². The lowest BCUT2D eigenvalue weighted by Gasteiger charge is -2.17. The number of nitrogens with zero attached hydrogens (tertiary/aromatic N) is 4. The topological polar surface area (TPSA) is 68.8 Å². The van der Waals surface area contributed by atoms with Crippen molar-refractivity contribution in [1.82, 2.24) is 20.0 Å². The second-order valence-corrected chi connectivity index (χ2v) is 6.10. The minimum absolute atomic E-state index is 0.447. The van der Waals surface area contributed by atoms with E-state index in [-0.39, 0.29) is 0 Å². The Morgan fingerprint density at radius 2 is 1.95 bits per heavy atom. The molecule has 0 spiro atoms. The Morgan fingerprint density at radius 3 is 2.64 bits per heavy atom. The summed E-state index contributed by atoms with van der Waals surface area (Å²) in [6.45, 7) is 7.80. The fourth-order valence-corrected chi connectivity index (χ4v) is 3.28. The first kappa shape index (κ1) is 15.1. The van der Waals surface area contributed by atoms with Gasteiger partial charge in [-0.3, -0.25) is 4.68 Å². The molecule has 0 bridgehead atoms. The molecule has 0 unspecified atom stereocenters. The van der Waals surface area contributed by atoms with Crippen LogP contribution in [0, 0.1) is 13.8 Å². The Labute approximate surface area is 131 Å². The van der Waals surface area contributed by atoms with Gasteiger partial charge < -0.3 is 9.73 Å². The predicted octanol–water partition coefficient (Wildman–Crippen LogP) is 3.56. The average molecular weight is 303 g/mol. The predicted molar refractivity (Wildman–Crippen MR) is 84.8 cm³/mol. The van der Waals surface area contributed by atoms with E-state index >= 15 is 0 Å². The molecule has 0 amide bonds. The Hall–Kier alpha value is -1.85. The molecule has 0 aromatic carbocycles. The third-order valence-electron chi connectivity index (χ3n) is 4.64. The Morgan fingerprint density at radius 1 is 1.18 bits per heavy atom. The fourth-order valence-electron chi connectivity index (χ4n) is 3.28. The second kappa shape index (κ2) is 6.50. The van der Waals surface area contributed by atoms with E-state index in [1.807, 2.05) is 11.6 Å². The number of hydrogen-bond acceptors (Lipinski definition) is 5. The maximum atomic E-state index is 5.80. The van der Waals surface area contributed by atoms with Gasteiger partial charge in [-0.2, -0.15) is 5.10 Å². The molecule has 22 heavy (non-hydrogen) atoms. The van der Waals surface area contributed by atoms with Gasteiger partial charge in [0.2, 0.25) is 5.89 Å². The molecule has 6 nitrogen and oxygen atoms in total. The molecule has 6 heteroatoms. The molecule has 2 heterocycles. The van der Waals surface area contributed by atoms with E-state index in [4.69, 9.17) is 4.42 Å². The third kappa shape index (κ3) is 3.00. The van der Waals surface area contributed by atoms with Crippen LogP contribution in [0.5, 0.6) is 0 Å². The minimum atomic E-state index is 0.447. The quantitative estimate of drug-likeness (QED) is 0.914. The molecular weight excluding hydrogens is 278 g/mol. The van der Waals surface area contributed by atoms with Crippen molar-refractivity contribution in [3.63, 3.8) is 0 Å². The zero-order chi connectivity index (χ0) is 15.5. The maximum Gasteiger partial charge on any atom is 0.315 e. The largest absolute Gasteiger partial charge is 0.408 e. The van der Waals surface area contributed by atoms with Crippen LogP contribution in [-0.2, 0) is 13.1 Å². The molecule has 120 valence electrons. The van der Waals surface area contributed by atoms with Crippen molar-refractivity contribution in [3.05, 3.63) is 22.8 Å². The number of anilines is 1. The van der Waals surface area contributed by atoms with Crippen LogP contribution in [0.25, 0.3) is 0 Å². The number of hydrogen-bond donors (Lipinski definition) is 1. The summed E-state index contributed by atoms with van der Waals surface area (Å²) < 4.78 is 7.82. The van der Waals surface area contributed by atoms with E-state index in [0.29, 0.717) is 18.5 Å². The molecule has 1 saturated carbocycles. The van der Waals surface area contributed by atoms with Gasteiger partial charge in [-0.25, -0.2) is 0 Å². The lowest BCUT2D eigenvalue weighted by Crippen LogP contribution is -2.04. The molecule has 3 rings (SSSR count). The van der Waals surface area contributed by atoms with Gasteiger partial charge in [-0.15, -0.1) is 5.10 Å². The maximum absolute atomic E-state index is 5.80. The van der Waals surface area contributed by atoms with Gasteiger partial charge >= 0.3 is 6.01 Å². The van der Waals surface area contributed by atoms with E-state index in [2.05, 4.69) is 34.5 Å². The van der Waals surface area contributed by atoms with Crippen molar-refractivity contribution in [2.24, 2.45) is 0 Å². The second-order valence-electron chi connectivity index (χ2n) is 6.10. The SMILES string of the molecule is CCn1nc(C)c(CNc2nnc(C3CCCCC3)o2)c1C. The van der Waals surface area contributed by atoms with Crippen molar-refractivity contribution < 1.29 is 4.42 Å². The molecule has 1 aliphatic carbocycles. The summed E-state index contributed by atoms with van der Waals surface area (Å²) >= 11 is 0. The van der Waals surface area contributed by atoms with E-state index in [1.165, 1.54) is 43.4 Å². The summed E-state index contributed by atoms with van der Waals surface area (Å²) in [4.78, 5) is 0. The molecule has 0 atom stereocenters. The molecule has 2 aromatic rings. The van der Waals surface area contributed by atoms with Gasteiger partial charge in [0.25, 0.3) is 0 Å². The molecule has 2 aromatic heterocycles. The highest BCUT2D eigenvalue weighted by Gasteiger charge is 2.21. The molecule has 1 aliphatic rings. The highest BCUT2D eigenvalue weighted by Crippen LogP contribution is 2.32. The van der Waals surface area contributed by atoms with Crippen LogP contribution >= 0.6 is 0 Å². The van der Waals surface area contributed by atoms with E-state index in [0.717, 1.165) is 18.1 Å². The Kier molecular flexibility index (Phi) is 4.45. The van der Waals surface area contributed by atoms with Crippen LogP contribution in [0.4, 0.5) is 6.01 Å². The van der Waals surface area contributed by atoms with Crippen molar-refractivity contribution in [2.45, 2.75) is 71.9 Å². The van der Waals surface area contributed by atoms with Crippen LogP contribution in [0.15, 0.2) is 4.42 Å². The van der Waals surface area contributed by atoms with Crippen molar-refractivity contribution in [2.75, 3.05) is 5.32 Å². The molecular formula is C16H25N5O. The first-order chi connectivity index (χ1) is 10.7. The first-order valence-electron chi connectivity index (χ1n) is 8.29. The summed E-state index contributed by atoms with van der Waals surface area (Å²) in [5.41, 5.74) is 3.46. The summed E-state index contributed by atoms with van der Waals surface area (Å²) in [5, 5.41) is 16.1. The summed E-state index contributed by atoms with van der Waals surface area (Å²) in [7, 11) is 0. The van der Waals surface area contributed by atoms with Gasteiger partial charge in [-0.1, -0.05) is 24.4 Å².